The number of hydrogen-bond donors (Lipinski definition) is 0. The van der Waals surface area contributed by atoms with Crippen molar-refractivity contribution in [3.8, 4) is 0 Å². The molecule has 0 amide bonds. The number of rotatable bonds is 2. The molecule has 0 aliphatic heterocycles. The summed E-state index contributed by atoms with van der Waals surface area (Å²) in [5.74, 6) is 0. The van der Waals surface area contributed by atoms with Crippen LogP contribution in [0.2, 0.25) is 0 Å². The lowest BCUT2D eigenvalue weighted by Crippen LogP contribution is -1.63. The first-order valence-corrected chi connectivity index (χ1v) is 5.36. The molecule has 2 heteroatoms. The van der Waals surface area contributed by atoms with Crippen LogP contribution in [0.3, 0.4) is 0 Å². The van der Waals surface area contributed by atoms with Crippen molar-refractivity contribution < 1.29 is 0 Å². The van der Waals surface area contributed by atoms with E-state index < -0.39 is 0 Å². The second-order valence-electron chi connectivity index (χ2n) is 1.89. The van der Waals surface area contributed by atoms with E-state index in [2.05, 4.69) is 10.2 Å². The molecule has 1 aromatic carbocycles. The first-order valence-electron chi connectivity index (χ1n) is 5.36. The van der Waals surface area contributed by atoms with Crippen LogP contribution < -0.4 is 0 Å². The van der Waals surface area contributed by atoms with Gasteiger partial charge in [-0.2, -0.15) is 10.2 Å². The molecule has 0 heterocycles. The average Bonchev–Trinajstić information content (AvgIpc) is 2.33. The molecular weight excluding hydrogens is 172 g/mol. The number of benzene rings is 1. The van der Waals surface area contributed by atoms with Crippen molar-refractivity contribution in [1.82, 2.24) is 0 Å². The first-order chi connectivity index (χ1) is 6.93. The smallest absolute Gasteiger partial charge is 0.0852 e. The Morgan fingerprint density at radius 2 is 1.43 bits per heavy atom. The quantitative estimate of drug-likeness (QED) is 0.602. The van der Waals surface area contributed by atoms with Gasteiger partial charge < -0.3 is 0 Å². The highest BCUT2D eigenvalue weighted by Crippen LogP contribution is 2.09. The van der Waals surface area contributed by atoms with Gasteiger partial charge in [-0.3, -0.25) is 0 Å². The zero-order valence-corrected chi connectivity index (χ0v) is 9.99. The molecule has 0 spiro atoms. The van der Waals surface area contributed by atoms with Crippen molar-refractivity contribution in [2.24, 2.45) is 10.2 Å². The van der Waals surface area contributed by atoms with Gasteiger partial charge in [-0.25, -0.2) is 0 Å². The predicted molar refractivity (Wildman–Crippen MR) is 64.2 cm³/mol. The third kappa shape index (κ3) is 8.91. The second kappa shape index (κ2) is 14.3. The summed E-state index contributed by atoms with van der Waals surface area (Å²) in [7, 11) is 0. The highest BCUT2D eigenvalue weighted by molar-refractivity contribution is 5.34. The Morgan fingerprint density at radius 1 is 0.929 bits per heavy atom. The Kier molecular flexibility index (Phi) is 15.7. The van der Waals surface area contributed by atoms with E-state index in [9.17, 15) is 0 Å². The maximum absolute atomic E-state index is 3.95. The van der Waals surface area contributed by atoms with Gasteiger partial charge in [0.15, 0.2) is 0 Å². The Morgan fingerprint density at radius 3 is 1.86 bits per heavy atom. The lowest BCUT2D eigenvalue weighted by Gasteiger charge is -1.86. The monoisotopic (exact) mass is 194 g/mol. The molecule has 0 unspecified atom stereocenters. The molecule has 1 rings (SSSR count). The molecular formula is C12H22N2. The summed E-state index contributed by atoms with van der Waals surface area (Å²) in [6, 6.07) is 9.72. The molecule has 0 bridgehead atoms. The van der Waals surface area contributed by atoms with E-state index in [1.807, 2.05) is 65.0 Å². The fourth-order valence-corrected chi connectivity index (χ4v) is 0.647. The van der Waals surface area contributed by atoms with Crippen LogP contribution in [0.15, 0.2) is 40.6 Å². The standard InChI is InChI=1S/C8H10N2.2C2H6/c1-2-9-10-8-6-4-3-5-7-8;2*1-2/h3-7H,2H2,1H3;2*1-2H3. The predicted octanol–water partition coefficient (Wildman–Crippen LogP) is 4.84. The number of azo groups is 1. The summed E-state index contributed by atoms with van der Waals surface area (Å²) < 4.78 is 0. The van der Waals surface area contributed by atoms with Crippen LogP contribution >= 0.6 is 0 Å². The molecule has 1 aromatic rings. The van der Waals surface area contributed by atoms with Gasteiger partial charge >= 0.3 is 0 Å². The minimum Gasteiger partial charge on any atom is -0.189 e. The molecule has 80 valence electrons. The number of nitrogens with zero attached hydrogens (tertiary/aromatic N) is 2. The molecule has 0 atom stereocenters. The Hall–Kier alpha value is -1.18. The van der Waals surface area contributed by atoms with E-state index in [4.69, 9.17) is 0 Å². The SMILES string of the molecule is CC.CC.CCN=Nc1ccccc1. The summed E-state index contributed by atoms with van der Waals surface area (Å²) >= 11 is 0. The van der Waals surface area contributed by atoms with Gasteiger partial charge in [0.25, 0.3) is 0 Å². The van der Waals surface area contributed by atoms with E-state index >= 15 is 0 Å². The molecule has 0 saturated carbocycles. The van der Waals surface area contributed by atoms with Crippen LogP contribution in [0, 0.1) is 0 Å². The van der Waals surface area contributed by atoms with Gasteiger partial charge in [0, 0.05) is 0 Å². The molecule has 0 aliphatic carbocycles. The van der Waals surface area contributed by atoms with Crippen LogP contribution in [0.4, 0.5) is 5.69 Å². The molecule has 0 fully saturated rings. The topological polar surface area (TPSA) is 24.7 Å². The van der Waals surface area contributed by atoms with Crippen molar-refractivity contribution in [2.45, 2.75) is 34.6 Å². The van der Waals surface area contributed by atoms with Crippen LogP contribution in [-0.4, -0.2) is 6.54 Å². The van der Waals surface area contributed by atoms with Gasteiger partial charge in [-0.15, -0.1) is 0 Å². The van der Waals surface area contributed by atoms with Crippen LogP contribution in [-0.2, 0) is 0 Å². The lowest BCUT2D eigenvalue weighted by molar-refractivity contribution is 1.01. The molecule has 0 saturated heterocycles. The second-order valence-corrected chi connectivity index (χ2v) is 1.89. The number of hydrogen-bond acceptors (Lipinski definition) is 2. The Balaban J connectivity index is 0. The maximum Gasteiger partial charge on any atom is 0.0852 e. The van der Waals surface area contributed by atoms with Gasteiger partial charge in [0.2, 0.25) is 0 Å². The molecule has 0 aromatic heterocycles. The Labute approximate surface area is 88.1 Å². The zero-order valence-electron chi connectivity index (χ0n) is 9.99. The van der Waals surface area contributed by atoms with Gasteiger partial charge in [-0.1, -0.05) is 45.9 Å². The normalized spacial score (nSPS) is 8.36. The van der Waals surface area contributed by atoms with E-state index in [0.717, 1.165) is 12.2 Å². The van der Waals surface area contributed by atoms with Crippen molar-refractivity contribution in [3.63, 3.8) is 0 Å². The van der Waals surface area contributed by atoms with Gasteiger partial charge in [-0.05, 0) is 19.1 Å². The molecule has 0 N–H and O–H groups in total. The molecule has 0 aliphatic rings. The highest BCUT2D eigenvalue weighted by atomic mass is 15.1. The van der Waals surface area contributed by atoms with E-state index in [0.29, 0.717) is 0 Å². The van der Waals surface area contributed by atoms with Crippen LogP contribution in [0.25, 0.3) is 0 Å². The van der Waals surface area contributed by atoms with Crippen molar-refractivity contribution in [1.29, 1.82) is 0 Å². The van der Waals surface area contributed by atoms with Gasteiger partial charge in [0.1, 0.15) is 0 Å². The van der Waals surface area contributed by atoms with Crippen LogP contribution in [0.5, 0.6) is 0 Å². The zero-order chi connectivity index (χ0) is 11.2. The fraction of sp³-hybridized carbons (Fsp3) is 0.500. The van der Waals surface area contributed by atoms with E-state index in [1.165, 1.54) is 0 Å². The molecule has 0 radical (unpaired) electrons. The summed E-state index contributed by atoms with van der Waals surface area (Å²) in [5, 5.41) is 7.82. The third-order valence-corrected chi connectivity index (χ3v) is 1.08. The average molecular weight is 194 g/mol. The lowest BCUT2D eigenvalue weighted by atomic mass is 10.3. The fourth-order valence-electron chi connectivity index (χ4n) is 0.647. The Bertz CT molecular complexity index is 205. The van der Waals surface area contributed by atoms with Gasteiger partial charge in [0.05, 0.1) is 12.2 Å². The largest absolute Gasteiger partial charge is 0.189 e. The first kappa shape index (κ1) is 15.3. The van der Waals surface area contributed by atoms with E-state index in [1.54, 1.807) is 0 Å². The maximum atomic E-state index is 3.95. The summed E-state index contributed by atoms with van der Waals surface area (Å²) in [6.07, 6.45) is 0. The molecule has 14 heavy (non-hydrogen) atoms. The highest BCUT2D eigenvalue weighted by Gasteiger charge is 1.81. The summed E-state index contributed by atoms with van der Waals surface area (Å²) in [6.45, 7) is 10.7. The minimum atomic E-state index is 0.745. The summed E-state index contributed by atoms with van der Waals surface area (Å²) in [5.41, 5.74) is 0.921. The molecule has 2 nitrogen and oxygen atoms in total. The van der Waals surface area contributed by atoms with Crippen molar-refractivity contribution >= 4 is 5.69 Å². The third-order valence-electron chi connectivity index (χ3n) is 1.08. The van der Waals surface area contributed by atoms with Crippen LogP contribution in [0.1, 0.15) is 34.6 Å². The van der Waals surface area contributed by atoms with Crippen molar-refractivity contribution in [2.75, 3.05) is 6.54 Å². The van der Waals surface area contributed by atoms with Crippen molar-refractivity contribution in [3.05, 3.63) is 30.3 Å². The summed E-state index contributed by atoms with van der Waals surface area (Å²) in [4.78, 5) is 0. The van der Waals surface area contributed by atoms with E-state index in [-0.39, 0.29) is 0 Å². The minimum absolute atomic E-state index is 0.745.